The summed E-state index contributed by atoms with van der Waals surface area (Å²) in [6.45, 7) is 0. The van der Waals surface area contributed by atoms with E-state index in [4.69, 9.17) is 0 Å². The highest BCUT2D eigenvalue weighted by molar-refractivity contribution is 7.16. The maximum absolute atomic E-state index is 12.4. The van der Waals surface area contributed by atoms with Crippen molar-refractivity contribution in [1.82, 2.24) is 4.98 Å². The molecule has 23 heavy (non-hydrogen) atoms. The number of aromatic nitrogens is 1. The molecule has 2 rings (SSSR count). The van der Waals surface area contributed by atoms with Gasteiger partial charge >= 0.3 is 11.2 Å². The number of anilines is 1. The molecule has 0 unspecified atom stereocenters. The molecule has 0 fully saturated rings. The minimum Gasteiger partial charge on any atom is -0.307 e. The molecule has 0 spiro atoms. The fourth-order valence-electron chi connectivity index (χ4n) is 1.49. The molecule has 2 heterocycles. The van der Waals surface area contributed by atoms with E-state index in [2.05, 4.69) is 10.3 Å². The van der Waals surface area contributed by atoms with Crippen LogP contribution in [0.15, 0.2) is 36.5 Å². The van der Waals surface area contributed by atoms with Crippen molar-refractivity contribution in [3.05, 3.63) is 57.1 Å². The number of rotatable bonds is 4. The van der Waals surface area contributed by atoms with E-state index in [1.54, 1.807) is 0 Å². The predicted molar refractivity (Wildman–Crippen MR) is 77.9 cm³/mol. The van der Waals surface area contributed by atoms with Gasteiger partial charge in [-0.05, 0) is 24.3 Å². The second-order valence-corrected chi connectivity index (χ2v) is 5.28. The van der Waals surface area contributed by atoms with E-state index in [9.17, 15) is 28.1 Å². The smallest absolute Gasteiger partial charge is 0.307 e. The van der Waals surface area contributed by atoms with Crippen LogP contribution in [0.1, 0.15) is 10.4 Å². The molecule has 0 aliphatic carbocycles. The van der Waals surface area contributed by atoms with Gasteiger partial charge in [-0.15, -0.1) is 0 Å². The molecule has 10 heteroatoms. The molecule has 0 radical (unpaired) electrons. The number of nitro groups is 1. The van der Waals surface area contributed by atoms with Crippen LogP contribution >= 0.6 is 11.3 Å². The molecule has 1 amide bonds. The Morgan fingerprint density at radius 3 is 2.57 bits per heavy atom. The van der Waals surface area contributed by atoms with Gasteiger partial charge in [-0.1, -0.05) is 11.3 Å². The van der Waals surface area contributed by atoms with Crippen LogP contribution in [0.4, 0.5) is 24.0 Å². The van der Waals surface area contributed by atoms with Gasteiger partial charge in [0, 0.05) is 23.2 Å². The third kappa shape index (κ3) is 4.61. The number of halogens is 3. The number of pyridine rings is 1. The molecule has 0 aliphatic rings. The van der Waals surface area contributed by atoms with Crippen LogP contribution in [0.5, 0.6) is 0 Å². The summed E-state index contributed by atoms with van der Waals surface area (Å²) in [6, 6.07) is 4.61. The van der Waals surface area contributed by atoms with E-state index in [1.807, 2.05) is 0 Å². The van der Waals surface area contributed by atoms with Crippen molar-refractivity contribution in [1.29, 1.82) is 0 Å². The summed E-state index contributed by atoms with van der Waals surface area (Å²) >= 11 is 0.887. The maximum Gasteiger partial charge on any atom is 0.417 e. The van der Waals surface area contributed by atoms with E-state index in [0.717, 1.165) is 29.5 Å². The van der Waals surface area contributed by atoms with Crippen molar-refractivity contribution in [2.24, 2.45) is 0 Å². The average molecular weight is 343 g/mol. The molecule has 0 atom stereocenters. The number of nitrogens with zero attached hydrogens (tertiary/aromatic N) is 2. The largest absolute Gasteiger partial charge is 0.417 e. The summed E-state index contributed by atoms with van der Waals surface area (Å²) in [5, 5.41) is 12.7. The quantitative estimate of drug-likeness (QED) is 0.521. The van der Waals surface area contributed by atoms with Crippen molar-refractivity contribution >= 4 is 34.1 Å². The number of thiophene rings is 1. The summed E-state index contributed by atoms with van der Waals surface area (Å²) in [7, 11) is 0. The lowest BCUT2D eigenvalue weighted by molar-refractivity contribution is -0.380. The number of amides is 1. The Morgan fingerprint density at radius 2 is 2.04 bits per heavy atom. The Kier molecular flexibility index (Phi) is 4.74. The average Bonchev–Trinajstić information content (AvgIpc) is 2.94. The summed E-state index contributed by atoms with van der Waals surface area (Å²) in [6.07, 6.45) is -1.42. The zero-order valence-electron chi connectivity index (χ0n) is 11.2. The van der Waals surface area contributed by atoms with Crippen LogP contribution in [0.25, 0.3) is 6.08 Å². The third-order valence-corrected chi connectivity index (χ3v) is 3.54. The first-order valence-corrected chi connectivity index (χ1v) is 6.84. The van der Waals surface area contributed by atoms with Crippen molar-refractivity contribution < 1.29 is 22.9 Å². The number of nitrogens with one attached hydrogen (secondary N) is 1. The fraction of sp³-hybridized carbons (Fsp3) is 0.0769. The number of carbonyl (C=O) groups excluding carboxylic acids is 1. The third-order valence-electron chi connectivity index (χ3n) is 2.53. The van der Waals surface area contributed by atoms with Gasteiger partial charge in [-0.25, -0.2) is 4.98 Å². The Hall–Kier alpha value is -2.75. The van der Waals surface area contributed by atoms with E-state index in [1.165, 1.54) is 18.2 Å². The van der Waals surface area contributed by atoms with Crippen LogP contribution in [0.3, 0.4) is 0 Å². The maximum atomic E-state index is 12.4. The first-order chi connectivity index (χ1) is 10.8. The first-order valence-electron chi connectivity index (χ1n) is 6.02. The predicted octanol–water partition coefficient (Wildman–Crippen LogP) is 3.72. The lowest BCUT2D eigenvalue weighted by Crippen LogP contribution is -2.10. The second-order valence-electron chi connectivity index (χ2n) is 4.19. The molecule has 0 bridgehead atoms. The van der Waals surface area contributed by atoms with Crippen molar-refractivity contribution in [2.75, 3.05) is 5.32 Å². The SMILES string of the molecule is O=C(/C=C/c1ccc([N+](=O)[O-])s1)Nc1ccc(C(F)(F)F)cn1. The summed E-state index contributed by atoms with van der Waals surface area (Å²) < 4.78 is 37.1. The fourth-order valence-corrected chi connectivity index (χ4v) is 2.22. The molecule has 0 saturated carbocycles. The van der Waals surface area contributed by atoms with Crippen LogP contribution in [-0.4, -0.2) is 15.8 Å². The van der Waals surface area contributed by atoms with Crippen LogP contribution in [-0.2, 0) is 11.0 Å². The molecular formula is C13H8F3N3O3S. The molecule has 2 aromatic rings. The Balaban J connectivity index is 1.98. The van der Waals surface area contributed by atoms with Gasteiger partial charge in [0.1, 0.15) is 5.82 Å². The zero-order chi connectivity index (χ0) is 17.0. The topological polar surface area (TPSA) is 85.1 Å². The number of hydrogen-bond acceptors (Lipinski definition) is 5. The van der Waals surface area contributed by atoms with Crippen LogP contribution in [0.2, 0.25) is 0 Å². The molecule has 1 N–H and O–H groups in total. The second kappa shape index (κ2) is 6.57. The molecular weight excluding hydrogens is 335 g/mol. The molecule has 0 aliphatic heterocycles. The summed E-state index contributed by atoms with van der Waals surface area (Å²) in [5.74, 6) is -0.655. The van der Waals surface area contributed by atoms with Crippen molar-refractivity contribution in [2.45, 2.75) is 6.18 Å². The lowest BCUT2D eigenvalue weighted by atomic mass is 10.3. The van der Waals surface area contributed by atoms with Gasteiger partial charge in [0.15, 0.2) is 0 Å². The highest BCUT2D eigenvalue weighted by Gasteiger charge is 2.30. The van der Waals surface area contributed by atoms with Crippen molar-refractivity contribution in [3.8, 4) is 0 Å². The highest BCUT2D eigenvalue weighted by atomic mass is 32.1. The van der Waals surface area contributed by atoms with E-state index >= 15 is 0 Å². The van der Waals surface area contributed by atoms with E-state index < -0.39 is 22.6 Å². The molecule has 0 aromatic carbocycles. The van der Waals surface area contributed by atoms with Gasteiger partial charge in [0.25, 0.3) is 0 Å². The Bertz CT molecular complexity index is 754. The summed E-state index contributed by atoms with van der Waals surface area (Å²) in [5.41, 5.74) is -0.920. The monoisotopic (exact) mass is 343 g/mol. The highest BCUT2D eigenvalue weighted by Crippen LogP contribution is 2.29. The Morgan fingerprint density at radius 1 is 1.30 bits per heavy atom. The first kappa shape index (κ1) is 16.6. The van der Waals surface area contributed by atoms with E-state index in [0.29, 0.717) is 11.1 Å². The lowest BCUT2D eigenvalue weighted by Gasteiger charge is -2.06. The zero-order valence-corrected chi connectivity index (χ0v) is 12.0. The summed E-state index contributed by atoms with van der Waals surface area (Å²) in [4.78, 5) is 25.6. The molecule has 2 aromatic heterocycles. The molecule has 6 nitrogen and oxygen atoms in total. The number of alkyl halides is 3. The minimum absolute atomic E-state index is 0.0372. The number of carbonyl (C=O) groups is 1. The van der Waals surface area contributed by atoms with Gasteiger partial charge in [0.05, 0.1) is 10.5 Å². The van der Waals surface area contributed by atoms with Gasteiger partial charge in [0.2, 0.25) is 5.91 Å². The van der Waals surface area contributed by atoms with Gasteiger partial charge in [-0.2, -0.15) is 13.2 Å². The van der Waals surface area contributed by atoms with Gasteiger partial charge in [-0.3, -0.25) is 14.9 Å². The van der Waals surface area contributed by atoms with Crippen LogP contribution < -0.4 is 5.32 Å². The molecule has 120 valence electrons. The number of hydrogen-bond donors (Lipinski definition) is 1. The van der Waals surface area contributed by atoms with E-state index in [-0.39, 0.29) is 10.8 Å². The molecule has 0 saturated heterocycles. The minimum atomic E-state index is -4.50. The van der Waals surface area contributed by atoms with Gasteiger partial charge < -0.3 is 5.32 Å². The normalized spacial score (nSPS) is 11.6. The van der Waals surface area contributed by atoms with Crippen LogP contribution in [0, 0.1) is 10.1 Å². The standard InChI is InChI=1S/C13H8F3N3O3S/c14-13(15,16)8-1-4-10(17-7-8)18-11(20)5-2-9-3-6-12(23-9)19(21)22/h1-7H,(H,17,18,20)/b5-2+. The van der Waals surface area contributed by atoms with Crippen molar-refractivity contribution in [3.63, 3.8) is 0 Å². The Labute approximate surface area is 131 Å².